The van der Waals surface area contributed by atoms with Gasteiger partial charge in [0.2, 0.25) is 0 Å². The molecule has 3 rings (SSSR count). The number of rotatable bonds is 6. The van der Waals surface area contributed by atoms with Gasteiger partial charge in [0.05, 0.1) is 35.0 Å². The van der Waals surface area contributed by atoms with Gasteiger partial charge in [-0.05, 0) is 48.3 Å². The summed E-state index contributed by atoms with van der Waals surface area (Å²) in [6.45, 7) is 0. The Kier molecular flexibility index (Phi) is 5.50. The van der Waals surface area contributed by atoms with E-state index in [4.69, 9.17) is 14.3 Å². The SMILES string of the molecule is COc1ccc(C(=O)O)cc1SNc1cc(C(F)(F)F)ccc1-c1cnco1. The second-order valence-electron chi connectivity index (χ2n) is 5.50. The van der Waals surface area contributed by atoms with Crippen LogP contribution in [-0.2, 0) is 6.18 Å². The lowest BCUT2D eigenvalue weighted by Crippen LogP contribution is -2.06. The molecule has 0 atom stereocenters. The molecule has 1 heterocycles. The minimum Gasteiger partial charge on any atom is -0.496 e. The number of alkyl halides is 3. The molecule has 0 aliphatic carbocycles. The quantitative estimate of drug-likeness (QED) is 0.541. The average Bonchev–Trinajstić information content (AvgIpc) is 3.19. The number of carboxylic acids is 1. The molecule has 0 radical (unpaired) electrons. The molecule has 1 aromatic heterocycles. The van der Waals surface area contributed by atoms with E-state index in [0.717, 1.165) is 24.1 Å². The molecule has 10 heteroatoms. The molecule has 0 saturated carbocycles. The highest BCUT2D eigenvalue weighted by Crippen LogP contribution is 2.39. The summed E-state index contributed by atoms with van der Waals surface area (Å²) < 4.78 is 52.5. The molecule has 0 fully saturated rings. The number of hydrogen-bond donors (Lipinski definition) is 2. The second-order valence-corrected chi connectivity index (χ2v) is 6.35. The van der Waals surface area contributed by atoms with Gasteiger partial charge in [-0.15, -0.1) is 0 Å². The van der Waals surface area contributed by atoms with E-state index in [-0.39, 0.29) is 17.0 Å². The first-order valence-electron chi connectivity index (χ1n) is 7.74. The Bertz CT molecular complexity index is 991. The summed E-state index contributed by atoms with van der Waals surface area (Å²) in [6, 6.07) is 7.36. The van der Waals surface area contributed by atoms with Gasteiger partial charge in [0, 0.05) is 5.56 Å². The summed E-state index contributed by atoms with van der Waals surface area (Å²) in [7, 11) is 1.41. The Balaban J connectivity index is 1.97. The third-order valence-corrected chi connectivity index (χ3v) is 4.59. The van der Waals surface area contributed by atoms with E-state index >= 15 is 0 Å². The predicted octanol–water partition coefficient (Wildman–Crippen LogP) is 5.19. The lowest BCUT2D eigenvalue weighted by Gasteiger charge is -2.15. The summed E-state index contributed by atoms with van der Waals surface area (Å²) in [6.07, 6.45) is -1.98. The Morgan fingerprint density at radius 3 is 2.64 bits per heavy atom. The van der Waals surface area contributed by atoms with E-state index in [1.165, 1.54) is 44.0 Å². The highest BCUT2D eigenvalue weighted by molar-refractivity contribution is 8.00. The van der Waals surface area contributed by atoms with Gasteiger partial charge in [-0.1, -0.05) is 0 Å². The number of methoxy groups -OCH3 is 1. The van der Waals surface area contributed by atoms with Crippen LogP contribution in [0.5, 0.6) is 5.75 Å². The minimum atomic E-state index is -4.53. The molecule has 0 saturated heterocycles. The first-order chi connectivity index (χ1) is 13.3. The van der Waals surface area contributed by atoms with E-state index in [1.54, 1.807) is 0 Å². The van der Waals surface area contributed by atoms with Crippen molar-refractivity contribution < 1.29 is 32.2 Å². The van der Waals surface area contributed by atoms with Crippen molar-refractivity contribution in [3.63, 3.8) is 0 Å². The molecule has 0 aliphatic heterocycles. The summed E-state index contributed by atoms with van der Waals surface area (Å²) in [5.41, 5.74) is -0.333. The van der Waals surface area contributed by atoms with Crippen molar-refractivity contribution in [2.45, 2.75) is 11.1 Å². The van der Waals surface area contributed by atoms with E-state index < -0.39 is 17.7 Å². The van der Waals surface area contributed by atoms with Crippen molar-refractivity contribution in [2.24, 2.45) is 0 Å². The van der Waals surface area contributed by atoms with Crippen LogP contribution >= 0.6 is 11.9 Å². The van der Waals surface area contributed by atoms with E-state index in [0.29, 0.717) is 16.2 Å². The number of nitrogens with zero attached hydrogens (tertiary/aromatic N) is 1. The standard InChI is InChI=1S/C18H13F3N2O4S/c1-26-14-5-2-10(17(24)25)6-16(14)28-23-13-7-11(18(19,20)21)3-4-12(13)15-8-22-9-27-15/h2-9,23H,1H3,(H,24,25). The van der Waals surface area contributed by atoms with E-state index in [2.05, 4.69) is 9.71 Å². The molecule has 0 unspecified atom stereocenters. The summed E-state index contributed by atoms with van der Waals surface area (Å²) >= 11 is 0.919. The molecule has 146 valence electrons. The number of ether oxygens (including phenoxy) is 1. The Labute approximate surface area is 161 Å². The zero-order valence-electron chi connectivity index (χ0n) is 14.3. The molecule has 6 nitrogen and oxygen atoms in total. The van der Waals surface area contributed by atoms with Crippen LogP contribution in [0.2, 0.25) is 0 Å². The molecular formula is C18H13F3N2O4S. The second kappa shape index (κ2) is 7.85. The van der Waals surface area contributed by atoms with Crippen molar-refractivity contribution in [1.29, 1.82) is 0 Å². The number of benzene rings is 2. The molecule has 0 bridgehead atoms. The fourth-order valence-electron chi connectivity index (χ4n) is 2.37. The van der Waals surface area contributed by atoms with Crippen LogP contribution in [0.25, 0.3) is 11.3 Å². The van der Waals surface area contributed by atoms with Crippen molar-refractivity contribution in [2.75, 3.05) is 11.8 Å². The maximum atomic E-state index is 13.1. The van der Waals surface area contributed by atoms with Gasteiger partial charge >= 0.3 is 12.1 Å². The van der Waals surface area contributed by atoms with Gasteiger partial charge in [-0.3, -0.25) is 0 Å². The number of hydrogen-bond acceptors (Lipinski definition) is 6. The first kappa shape index (κ1) is 19.6. The molecule has 28 heavy (non-hydrogen) atoms. The monoisotopic (exact) mass is 410 g/mol. The molecule has 2 N–H and O–H groups in total. The normalized spacial score (nSPS) is 11.3. The number of aromatic carboxylic acids is 1. The summed E-state index contributed by atoms with van der Waals surface area (Å²) in [5, 5.41) is 9.14. The number of anilines is 1. The number of oxazole rings is 1. The average molecular weight is 410 g/mol. The van der Waals surface area contributed by atoms with E-state index in [9.17, 15) is 18.0 Å². The van der Waals surface area contributed by atoms with Crippen LogP contribution in [0, 0.1) is 0 Å². The van der Waals surface area contributed by atoms with Crippen molar-refractivity contribution in [3.05, 3.63) is 60.1 Å². The van der Waals surface area contributed by atoms with Crippen molar-refractivity contribution in [1.82, 2.24) is 4.98 Å². The molecule has 0 amide bonds. The lowest BCUT2D eigenvalue weighted by molar-refractivity contribution is -0.137. The maximum Gasteiger partial charge on any atom is 0.416 e. The first-order valence-corrected chi connectivity index (χ1v) is 8.55. The smallest absolute Gasteiger partial charge is 0.416 e. The summed E-state index contributed by atoms with van der Waals surface area (Å²) in [5.74, 6) is -0.482. The maximum absolute atomic E-state index is 13.1. The Morgan fingerprint density at radius 2 is 2.04 bits per heavy atom. The van der Waals surface area contributed by atoms with Gasteiger partial charge in [-0.25, -0.2) is 9.78 Å². The number of nitrogens with one attached hydrogen (secondary N) is 1. The molecular weight excluding hydrogens is 397 g/mol. The highest BCUT2D eigenvalue weighted by Gasteiger charge is 2.31. The third-order valence-electron chi connectivity index (χ3n) is 3.73. The Morgan fingerprint density at radius 1 is 1.25 bits per heavy atom. The van der Waals surface area contributed by atoms with Crippen molar-refractivity contribution >= 4 is 23.6 Å². The zero-order valence-corrected chi connectivity index (χ0v) is 15.1. The van der Waals surface area contributed by atoms with Crippen molar-refractivity contribution in [3.8, 4) is 17.1 Å². The van der Waals surface area contributed by atoms with Crippen LogP contribution in [0.3, 0.4) is 0 Å². The number of carbonyl (C=O) groups is 1. The number of aromatic nitrogens is 1. The van der Waals surface area contributed by atoms with Crippen LogP contribution < -0.4 is 9.46 Å². The minimum absolute atomic E-state index is 0.0181. The third kappa shape index (κ3) is 4.22. The topological polar surface area (TPSA) is 84.6 Å². The van der Waals surface area contributed by atoms with Crippen LogP contribution in [-0.4, -0.2) is 23.2 Å². The van der Waals surface area contributed by atoms with E-state index in [1.807, 2.05) is 0 Å². The van der Waals surface area contributed by atoms with Gasteiger partial charge in [0.1, 0.15) is 5.75 Å². The zero-order chi connectivity index (χ0) is 20.3. The predicted molar refractivity (Wildman–Crippen MR) is 96.4 cm³/mol. The van der Waals surface area contributed by atoms with Gasteiger partial charge in [-0.2, -0.15) is 13.2 Å². The lowest BCUT2D eigenvalue weighted by atomic mass is 10.1. The van der Waals surface area contributed by atoms with Crippen LogP contribution in [0.1, 0.15) is 15.9 Å². The van der Waals surface area contributed by atoms with Crippen LogP contribution in [0.15, 0.2) is 58.3 Å². The molecule has 3 aromatic rings. The van der Waals surface area contributed by atoms with Gasteiger partial charge < -0.3 is 19.0 Å². The molecule has 2 aromatic carbocycles. The number of carboxylic acid groups (broad SMARTS) is 1. The molecule has 0 spiro atoms. The van der Waals surface area contributed by atoms with Crippen LogP contribution in [0.4, 0.5) is 18.9 Å². The largest absolute Gasteiger partial charge is 0.496 e. The molecule has 0 aliphatic rings. The fourth-order valence-corrected chi connectivity index (χ4v) is 3.19. The Hall–Kier alpha value is -3.14. The van der Waals surface area contributed by atoms with Gasteiger partial charge in [0.25, 0.3) is 0 Å². The number of halogens is 3. The fraction of sp³-hybridized carbons (Fsp3) is 0.111. The summed E-state index contributed by atoms with van der Waals surface area (Å²) in [4.78, 5) is 15.3. The van der Waals surface area contributed by atoms with Gasteiger partial charge in [0.15, 0.2) is 12.2 Å². The highest BCUT2D eigenvalue weighted by atomic mass is 32.2.